The van der Waals surface area contributed by atoms with Crippen molar-refractivity contribution in [1.82, 2.24) is 0 Å². The topological polar surface area (TPSA) is 52.6 Å². The first-order valence-electron chi connectivity index (χ1n) is 12.1. The Hall–Kier alpha value is -1.84. The second kappa shape index (κ2) is 16.9. The molecule has 0 saturated carbocycles. The van der Waals surface area contributed by atoms with E-state index in [2.05, 4.69) is 13.8 Å². The zero-order valence-electron chi connectivity index (χ0n) is 19.5. The molecule has 1 rings (SSSR count). The van der Waals surface area contributed by atoms with E-state index >= 15 is 0 Å². The number of carbonyl (C=O) groups excluding carboxylic acids is 2. The van der Waals surface area contributed by atoms with Crippen LogP contribution in [0.25, 0.3) is 0 Å². The number of benzene rings is 1. The molecule has 1 aromatic carbocycles. The van der Waals surface area contributed by atoms with E-state index in [0.29, 0.717) is 17.7 Å². The van der Waals surface area contributed by atoms with Gasteiger partial charge in [-0.25, -0.2) is 9.59 Å². The first-order chi connectivity index (χ1) is 14.7. The number of unbranched alkanes of at least 4 members (excludes halogenated alkanes) is 10. The Balaban J connectivity index is 2.72. The van der Waals surface area contributed by atoms with Crippen molar-refractivity contribution in [3.8, 4) is 0 Å². The van der Waals surface area contributed by atoms with Crippen LogP contribution < -0.4 is 0 Å². The highest BCUT2D eigenvalue weighted by Gasteiger charge is 2.22. The summed E-state index contributed by atoms with van der Waals surface area (Å²) in [6.45, 7) is 6.87. The molecular formula is C26H42O4. The van der Waals surface area contributed by atoms with E-state index in [1.807, 2.05) is 12.1 Å². The Morgan fingerprint density at radius 3 is 1.93 bits per heavy atom. The van der Waals surface area contributed by atoms with Gasteiger partial charge >= 0.3 is 11.9 Å². The van der Waals surface area contributed by atoms with Gasteiger partial charge in [-0.15, -0.1) is 0 Å². The van der Waals surface area contributed by atoms with Crippen molar-refractivity contribution < 1.29 is 19.1 Å². The molecule has 0 radical (unpaired) electrons. The summed E-state index contributed by atoms with van der Waals surface area (Å²) in [5.41, 5.74) is 1.62. The van der Waals surface area contributed by atoms with E-state index in [0.717, 1.165) is 37.7 Å². The molecule has 0 amide bonds. The number of hydrogen-bond acceptors (Lipinski definition) is 4. The van der Waals surface area contributed by atoms with Crippen molar-refractivity contribution >= 4 is 11.9 Å². The highest BCUT2D eigenvalue weighted by molar-refractivity contribution is 6.04. The van der Waals surface area contributed by atoms with Gasteiger partial charge in [-0.3, -0.25) is 0 Å². The second-order valence-electron chi connectivity index (χ2n) is 7.98. The molecular weight excluding hydrogens is 376 g/mol. The van der Waals surface area contributed by atoms with Crippen LogP contribution in [0, 0.1) is 0 Å². The summed E-state index contributed by atoms with van der Waals surface area (Å²) in [4.78, 5) is 25.3. The van der Waals surface area contributed by atoms with Crippen molar-refractivity contribution in [1.29, 1.82) is 0 Å². The number of aryl methyl sites for hydroxylation is 1. The molecule has 30 heavy (non-hydrogen) atoms. The maximum atomic E-state index is 12.9. The van der Waals surface area contributed by atoms with Gasteiger partial charge in [0.15, 0.2) is 0 Å². The smallest absolute Gasteiger partial charge is 0.339 e. The lowest BCUT2D eigenvalue weighted by Crippen LogP contribution is -2.17. The summed E-state index contributed by atoms with van der Waals surface area (Å²) in [6, 6.07) is 5.45. The van der Waals surface area contributed by atoms with Crippen LogP contribution in [0.15, 0.2) is 18.2 Å². The molecule has 4 heteroatoms. The van der Waals surface area contributed by atoms with Crippen LogP contribution in [0.1, 0.15) is 124 Å². The number of hydrogen-bond donors (Lipinski definition) is 0. The van der Waals surface area contributed by atoms with Crippen LogP contribution in [0.4, 0.5) is 0 Å². The lowest BCUT2D eigenvalue weighted by molar-refractivity contribution is 0.0461. The normalized spacial score (nSPS) is 10.8. The number of esters is 2. The lowest BCUT2D eigenvalue weighted by Gasteiger charge is -2.14. The largest absolute Gasteiger partial charge is 0.462 e. The summed E-state index contributed by atoms with van der Waals surface area (Å²) in [6.07, 6.45) is 14.7. The minimum atomic E-state index is -0.450. The third-order valence-electron chi connectivity index (χ3n) is 5.38. The van der Waals surface area contributed by atoms with E-state index in [4.69, 9.17) is 9.47 Å². The number of carbonyl (C=O) groups is 2. The fourth-order valence-electron chi connectivity index (χ4n) is 3.64. The molecule has 0 N–H and O–H groups in total. The molecule has 0 saturated heterocycles. The van der Waals surface area contributed by atoms with Gasteiger partial charge in [-0.1, -0.05) is 90.2 Å². The van der Waals surface area contributed by atoms with Crippen LogP contribution in [0.2, 0.25) is 0 Å². The van der Waals surface area contributed by atoms with Crippen molar-refractivity contribution in [3.63, 3.8) is 0 Å². The van der Waals surface area contributed by atoms with E-state index in [1.165, 1.54) is 51.4 Å². The van der Waals surface area contributed by atoms with Gasteiger partial charge in [0.05, 0.1) is 24.3 Å². The third-order valence-corrected chi connectivity index (χ3v) is 5.38. The van der Waals surface area contributed by atoms with Gasteiger partial charge in [0.25, 0.3) is 0 Å². The Kier molecular flexibility index (Phi) is 14.8. The van der Waals surface area contributed by atoms with E-state index < -0.39 is 11.9 Å². The fraction of sp³-hybridized carbons (Fsp3) is 0.692. The minimum absolute atomic E-state index is 0.284. The third kappa shape index (κ3) is 10.3. The standard InChI is InChI=1S/C26H42O4/c1-4-7-9-11-13-15-18-22-19-17-20-23(25(27)29-6-3)24(22)26(28)30-21-16-14-12-10-8-5-2/h17,19-20H,4-16,18,21H2,1-3H3. The average molecular weight is 419 g/mol. The molecule has 0 spiro atoms. The summed E-state index contributed by atoms with van der Waals surface area (Å²) >= 11 is 0. The molecule has 0 aliphatic heterocycles. The predicted molar refractivity (Wildman–Crippen MR) is 123 cm³/mol. The Labute approximate surface area is 183 Å². The molecule has 0 atom stereocenters. The molecule has 1 aromatic rings. The molecule has 0 fully saturated rings. The number of ether oxygens (including phenoxy) is 2. The molecule has 0 aliphatic rings. The van der Waals surface area contributed by atoms with Crippen molar-refractivity contribution in [2.75, 3.05) is 13.2 Å². The van der Waals surface area contributed by atoms with Crippen LogP contribution in [0.5, 0.6) is 0 Å². The average Bonchev–Trinajstić information content (AvgIpc) is 2.75. The highest BCUT2D eigenvalue weighted by atomic mass is 16.5. The van der Waals surface area contributed by atoms with Gasteiger partial charge in [0, 0.05) is 0 Å². The summed E-state index contributed by atoms with van der Waals surface area (Å²) < 4.78 is 10.7. The Morgan fingerprint density at radius 1 is 0.700 bits per heavy atom. The first-order valence-corrected chi connectivity index (χ1v) is 12.1. The van der Waals surface area contributed by atoms with Crippen LogP contribution in [-0.2, 0) is 15.9 Å². The monoisotopic (exact) mass is 418 g/mol. The first kappa shape index (κ1) is 26.2. The van der Waals surface area contributed by atoms with Gasteiger partial charge in [0.1, 0.15) is 0 Å². The molecule has 0 bridgehead atoms. The SMILES string of the molecule is CCCCCCCCOC(=O)c1c(CCCCCCCC)cccc1C(=O)OCC. The minimum Gasteiger partial charge on any atom is -0.462 e. The van der Waals surface area contributed by atoms with E-state index in [-0.39, 0.29) is 6.61 Å². The van der Waals surface area contributed by atoms with Crippen LogP contribution in [-0.4, -0.2) is 25.2 Å². The molecule has 0 aromatic heterocycles. The van der Waals surface area contributed by atoms with E-state index in [9.17, 15) is 9.59 Å². The Morgan fingerprint density at radius 2 is 1.30 bits per heavy atom. The molecule has 0 heterocycles. The zero-order valence-corrected chi connectivity index (χ0v) is 19.5. The van der Waals surface area contributed by atoms with Crippen molar-refractivity contribution in [2.24, 2.45) is 0 Å². The maximum absolute atomic E-state index is 12.9. The maximum Gasteiger partial charge on any atom is 0.339 e. The number of rotatable bonds is 17. The molecule has 170 valence electrons. The molecule has 4 nitrogen and oxygen atoms in total. The van der Waals surface area contributed by atoms with Crippen LogP contribution in [0.3, 0.4) is 0 Å². The zero-order chi connectivity index (χ0) is 22.0. The highest BCUT2D eigenvalue weighted by Crippen LogP contribution is 2.21. The van der Waals surface area contributed by atoms with Gasteiger partial charge in [-0.2, -0.15) is 0 Å². The Bertz CT molecular complexity index is 609. The summed E-state index contributed by atoms with van der Waals surface area (Å²) in [7, 11) is 0. The van der Waals surface area contributed by atoms with Crippen LogP contribution >= 0.6 is 0 Å². The molecule has 0 unspecified atom stereocenters. The van der Waals surface area contributed by atoms with Gasteiger partial charge in [0.2, 0.25) is 0 Å². The van der Waals surface area contributed by atoms with E-state index in [1.54, 1.807) is 13.0 Å². The quantitative estimate of drug-likeness (QED) is 0.197. The molecule has 0 aliphatic carbocycles. The van der Waals surface area contributed by atoms with Gasteiger partial charge < -0.3 is 9.47 Å². The van der Waals surface area contributed by atoms with Gasteiger partial charge in [-0.05, 0) is 37.8 Å². The van der Waals surface area contributed by atoms with Crippen molar-refractivity contribution in [2.45, 2.75) is 104 Å². The second-order valence-corrected chi connectivity index (χ2v) is 7.98. The lowest BCUT2D eigenvalue weighted by atomic mass is 9.96. The predicted octanol–water partition coefficient (Wildman–Crippen LogP) is 7.28. The summed E-state index contributed by atoms with van der Waals surface area (Å²) in [5.74, 6) is -0.845. The van der Waals surface area contributed by atoms with Crippen molar-refractivity contribution in [3.05, 3.63) is 34.9 Å². The fourth-order valence-corrected chi connectivity index (χ4v) is 3.64. The summed E-state index contributed by atoms with van der Waals surface area (Å²) in [5, 5.41) is 0.